The molecule has 0 saturated heterocycles. The van der Waals surface area contributed by atoms with Gasteiger partial charge < -0.3 is 4.90 Å². The van der Waals surface area contributed by atoms with Gasteiger partial charge in [-0.3, -0.25) is 0 Å². The molecule has 322 valence electrons. The van der Waals surface area contributed by atoms with E-state index in [0.717, 1.165) is 36.3 Å². The summed E-state index contributed by atoms with van der Waals surface area (Å²) in [5.41, 5.74) is 17.2. The van der Waals surface area contributed by atoms with Gasteiger partial charge >= 0.3 is 0 Å². The van der Waals surface area contributed by atoms with Crippen molar-refractivity contribution in [3.8, 4) is 11.1 Å². The van der Waals surface area contributed by atoms with Crippen LogP contribution in [0.5, 0.6) is 0 Å². The van der Waals surface area contributed by atoms with Crippen LogP contribution in [-0.4, -0.2) is 0 Å². The zero-order chi connectivity index (χ0) is 45.0. The van der Waals surface area contributed by atoms with Crippen molar-refractivity contribution < 1.29 is 0 Å². The maximum atomic E-state index is 2.59. The summed E-state index contributed by atoms with van der Waals surface area (Å²) >= 11 is 0. The van der Waals surface area contributed by atoms with E-state index in [0.29, 0.717) is 0 Å². The average molecular weight is 868 g/mol. The number of aryl methyl sites for hydroxylation is 1. The Morgan fingerprint density at radius 2 is 1.00 bits per heavy atom. The summed E-state index contributed by atoms with van der Waals surface area (Å²) in [5.74, 6) is 0.0839. The molecule has 0 saturated carbocycles. The van der Waals surface area contributed by atoms with E-state index in [4.69, 9.17) is 0 Å². The number of benzene rings is 11. The van der Waals surface area contributed by atoms with Crippen molar-refractivity contribution in [2.45, 2.75) is 30.6 Å². The summed E-state index contributed by atoms with van der Waals surface area (Å²) in [5, 5.41) is 7.61. The van der Waals surface area contributed by atoms with E-state index in [1.807, 2.05) is 0 Å². The quantitative estimate of drug-likeness (QED) is 0.140. The predicted molar refractivity (Wildman–Crippen MR) is 287 cm³/mol. The van der Waals surface area contributed by atoms with Gasteiger partial charge in [0, 0.05) is 22.7 Å². The van der Waals surface area contributed by atoms with E-state index in [9.17, 15) is 0 Å². The van der Waals surface area contributed by atoms with Crippen molar-refractivity contribution in [3.63, 3.8) is 0 Å². The second-order valence-corrected chi connectivity index (χ2v) is 18.6. The molecule has 0 radical (unpaired) electrons. The second kappa shape index (κ2) is 16.6. The van der Waals surface area contributed by atoms with Crippen molar-refractivity contribution in [2.75, 3.05) is 4.90 Å². The lowest BCUT2D eigenvalue weighted by atomic mass is 9.67. The number of anilines is 3. The normalized spacial score (nSPS) is 13.8. The van der Waals surface area contributed by atoms with Gasteiger partial charge in [-0.15, -0.1) is 0 Å². The van der Waals surface area contributed by atoms with Gasteiger partial charge in [0.25, 0.3) is 0 Å². The highest BCUT2D eigenvalue weighted by Gasteiger charge is 2.47. The number of rotatable bonds is 9. The Morgan fingerprint density at radius 1 is 0.441 bits per heavy atom. The summed E-state index contributed by atoms with van der Waals surface area (Å²) in [6.45, 7) is 0. The Bertz CT molecular complexity index is 3680. The molecule has 0 fully saturated rings. The summed E-state index contributed by atoms with van der Waals surface area (Å²) in [6, 6.07) is 91.4. The molecular formula is C67H49N. The van der Waals surface area contributed by atoms with Crippen molar-refractivity contribution in [3.05, 3.63) is 299 Å². The molecule has 0 N–H and O–H groups in total. The van der Waals surface area contributed by atoms with E-state index in [1.54, 1.807) is 0 Å². The van der Waals surface area contributed by atoms with Gasteiger partial charge in [0.1, 0.15) is 0 Å². The lowest BCUT2D eigenvalue weighted by Gasteiger charge is -2.35. The smallest absolute Gasteiger partial charge is 0.0714 e. The van der Waals surface area contributed by atoms with Crippen LogP contribution in [-0.2, 0) is 18.3 Å². The largest absolute Gasteiger partial charge is 0.310 e. The van der Waals surface area contributed by atoms with Crippen molar-refractivity contribution >= 4 is 55.5 Å². The van der Waals surface area contributed by atoms with Crippen molar-refractivity contribution in [1.82, 2.24) is 0 Å². The molecule has 2 aliphatic carbocycles. The van der Waals surface area contributed by atoms with E-state index in [2.05, 4.69) is 260 Å². The summed E-state index contributed by atoms with van der Waals surface area (Å²) < 4.78 is 0. The molecule has 0 bridgehead atoms. The first kappa shape index (κ1) is 40.1. The van der Waals surface area contributed by atoms with Crippen LogP contribution in [0.2, 0.25) is 0 Å². The monoisotopic (exact) mass is 867 g/mol. The molecule has 68 heavy (non-hydrogen) atoms. The van der Waals surface area contributed by atoms with E-state index in [1.165, 1.54) is 93.5 Å². The Hall–Kier alpha value is -8.26. The van der Waals surface area contributed by atoms with Gasteiger partial charge in [0.2, 0.25) is 0 Å². The molecule has 1 nitrogen and oxygen atoms in total. The highest BCUT2D eigenvalue weighted by molar-refractivity contribution is 6.00. The molecule has 0 heterocycles. The van der Waals surface area contributed by atoms with Crippen LogP contribution in [0.15, 0.2) is 249 Å². The standard InChI is InChI=1S/C67H49N/c1-3-27-53(28-4-1)67(54-29-5-2-6-30-54)64-44-52(63(60-34-16-24-48-20-10-13-32-58(48)60)43-51-26-15-23-47-19-9-12-31-57(47)51)37-40-61(64)62-41-39-56(45-65(62)67)68(55-38-36-46-18-7-8-22-50(46)42-55)66-35-17-25-49-21-11-14-33-59(49)66/h1-6,8-17,19-42,44-45,63H,7,18,43H2. The fourth-order valence-corrected chi connectivity index (χ4v) is 11.9. The molecule has 0 aromatic heterocycles. The maximum Gasteiger partial charge on any atom is 0.0714 e. The lowest BCUT2D eigenvalue weighted by molar-refractivity contribution is 0.758. The zero-order valence-corrected chi connectivity index (χ0v) is 37.9. The molecule has 1 heteroatoms. The minimum Gasteiger partial charge on any atom is -0.310 e. The first-order chi connectivity index (χ1) is 33.7. The number of fused-ring (bicyclic) bond motifs is 7. The zero-order valence-electron chi connectivity index (χ0n) is 37.9. The predicted octanol–water partition coefficient (Wildman–Crippen LogP) is 17.3. The van der Waals surface area contributed by atoms with Crippen molar-refractivity contribution in [2.24, 2.45) is 0 Å². The van der Waals surface area contributed by atoms with Crippen LogP contribution in [0.3, 0.4) is 0 Å². The molecule has 1 unspecified atom stereocenters. The third kappa shape index (κ3) is 6.53. The Balaban J connectivity index is 1.07. The van der Waals surface area contributed by atoms with Gasteiger partial charge in [-0.05, 0) is 138 Å². The first-order valence-corrected chi connectivity index (χ1v) is 24.1. The van der Waals surface area contributed by atoms with Crippen LogP contribution in [0.25, 0.3) is 49.5 Å². The number of nitrogens with zero attached hydrogens (tertiary/aromatic N) is 1. The summed E-state index contributed by atoms with van der Waals surface area (Å²) in [4.78, 5) is 2.50. The lowest BCUT2D eigenvalue weighted by Crippen LogP contribution is -2.29. The number of hydrogen-bond acceptors (Lipinski definition) is 1. The minimum atomic E-state index is -0.620. The molecule has 1 atom stereocenters. The molecule has 0 aliphatic heterocycles. The summed E-state index contributed by atoms with van der Waals surface area (Å²) in [6.07, 6.45) is 7.64. The average Bonchev–Trinajstić information content (AvgIpc) is 3.70. The minimum absolute atomic E-state index is 0.0839. The Kier molecular flexibility index (Phi) is 9.75. The maximum absolute atomic E-state index is 2.59. The molecule has 13 rings (SSSR count). The third-order valence-corrected chi connectivity index (χ3v) is 15.0. The van der Waals surface area contributed by atoms with E-state index < -0.39 is 5.41 Å². The third-order valence-electron chi connectivity index (χ3n) is 15.0. The van der Waals surface area contributed by atoms with Gasteiger partial charge in [-0.2, -0.15) is 0 Å². The fourth-order valence-electron chi connectivity index (χ4n) is 11.9. The van der Waals surface area contributed by atoms with Gasteiger partial charge in [0.05, 0.1) is 11.1 Å². The molecule has 0 amide bonds. The second-order valence-electron chi connectivity index (χ2n) is 18.6. The van der Waals surface area contributed by atoms with Crippen LogP contribution in [0, 0.1) is 0 Å². The fraction of sp³-hybridized carbons (Fsp3) is 0.0746. The number of hydrogen-bond donors (Lipinski definition) is 0. The van der Waals surface area contributed by atoms with Gasteiger partial charge in [0.15, 0.2) is 0 Å². The van der Waals surface area contributed by atoms with Crippen molar-refractivity contribution in [1.29, 1.82) is 0 Å². The van der Waals surface area contributed by atoms with Crippen LogP contribution in [0.1, 0.15) is 62.4 Å². The summed E-state index contributed by atoms with van der Waals surface area (Å²) in [7, 11) is 0. The molecule has 2 aliphatic rings. The van der Waals surface area contributed by atoms with Crippen LogP contribution >= 0.6 is 0 Å². The van der Waals surface area contributed by atoms with Gasteiger partial charge in [-0.1, -0.05) is 224 Å². The van der Waals surface area contributed by atoms with Gasteiger partial charge in [-0.25, -0.2) is 0 Å². The first-order valence-electron chi connectivity index (χ1n) is 24.1. The Morgan fingerprint density at radius 3 is 1.75 bits per heavy atom. The number of allylic oxidation sites excluding steroid dienone is 1. The highest BCUT2D eigenvalue weighted by Crippen LogP contribution is 2.58. The SMILES string of the molecule is C1=Cc2cc(N(c3ccc4c(c3)C(c3ccccc3)(c3ccccc3)c3cc(C(Cc5cccc6ccccc56)c5cccc6ccccc56)ccc3-4)c3cccc4ccccc34)ccc2CC1. The van der Waals surface area contributed by atoms with E-state index in [-0.39, 0.29) is 5.92 Å². The molecule has 11 aromatic carbocycles. The highest BCUT2D eigenvalue weighted by atomic mass is 15.1. The van der Waals surface area contributed by atoms with Crippen LogP contribution < -0.4 is 4.90 Å². The molecular weight excluding hydrogens is 819 g/mol. The molecule has 0 spiro atoms. The topological polar surface area (TPSA) is 3.24 Å². The van der Waals surface area contributed by atoms with E-state index >= 15 is 0 Å². The Labute approximate surface area is 398 Å². The molecule has 11 aromatic rings. The van der Waals surface area contributed by atoms with Crippen LogP contribution in [0.4, 0.5) is 17.1 Å².